The van der Waals surface area contributed by atoms with Gasteiger partial charge in [0.1, 0.15) is 12.4 Å². The quantitative estimate of drug-likeness (QED) is 0.487. The Morgan fingerprint density at radius 3 is 2.64 bits per heavy atom. The molecule has 0 radical (unpaired) electrons. The van der Waals surface area contributed by atoms with Crippen LogP contribution in [0.2, 0.25) is 0 Å². The summed E-state index contributed by atoms with van der Waals surface area (Å²) in [6, 6.07) is 14.5. The van der Waals surface area contributed by atoms with Crippen molar-refractivity contribution in [1.29, 1.82) is 0 Å². The van der Waals surface area contributed by atoms with Crippen LogP contribution in [0, 0.1) is 10.1 Å². The second-order valence-corrected chi connectivity index (χ2v) is 4.35. The van der Waals surface area contributed by atoms with Gasteiger partial charge in [0.25, 0.3) is 5.69 Å². The summed E-state index contributed by atoms with van der Waals surface area (Å²) in [6.07, 6.45) is 0. The lowest BCUT2D eigenvalue weighted by molar-refractivity contribution is -0.384. The Balaban J connectivity index is 1.74. The molecule has 0 spiro atoms. The van der Waals surface area contributed by atoms with E-state index in [9.17, 15) is 14.9 Å². The van der Waals surface area contributed by atoms with E-state index in [0.29, 0.717) is 18.8 Å². The molecule has 0 unspecified atom stereocenters. The van der Waals surface area contributed by atoms with Gasteiger partial charge in [-0.3, -0.25) is 10.1 Å². The SMILES string of the molecule is O=C(NCCOc1ccccc1)Nc1cccc([N+](=O)[O-])c1. The van der Waals surface area contributed by atoms with Crippen molar-refractivity contribution in [2.24, 2.45) is 0 Å². The summed E-state index contributed by atoms with van der Waals surface area (Å²) in [7, 11) is 0. The summed E-state index contributed by atoms with van der Waals surface area (Å²) in [4.78, 5) is 21.8. The van der Waals surface area contributed by atoms with Crippen LogP contribution in [0.5, 0.6) is 5.75 Å². The van der Waals surface area contributed by atoms with E-state index < -0.39 is 11.0 Å². The molecule has 0 saturated heterocycles. The fourth-order valence-corrected chi connectivity index (χ4v) is 1.72. The number of rotatable bonds is 6. The maximum absolute atomic E-state index is 11.7. The van der Waals surface area contributed by atoms with Crippen molar-refractivity contribution >= 4 is 17.4 Å². The molecule has 114 valence electrons. The minimum atomic E-state index is -0.517. The summed E-state index contributed by atoms with van der Waals surface area (Å²) in [5, 5.41) is 15.8. The molecular weight excluding hydrogens is 286 g/mol. The number of nitro benzene ring substituents is 1. The Hall–Kier alpha value is -3.09. The number of urea groups is 1. The number of hydrogen-bond donors (Lipinski definition) is 2. The Morgan fingerprint density at radius 1 is 1.14 bits per heavy atom. The number of benzene rings is 2. The maximum Gasteiger partial charge on any atom is 0.319 e. The molecule has 0 aliphatic carbocycles. The molecule has 2 aromatic carbocycles. The van der Waals surface area contributed by atoms with Gasteiger partial charge >= 0.3 is 6.03 Å². The van der Waals surface area contributed by atoms with Gasteiger partial charge in [0, 0.05) is 17.8 Å². The molecule has 2 aromatic rings. The lowest BCUT2D eigenvalue weighted by Crippen LogP contribution is -2.32. The van der Waals surface area contributed by atoms with Crippen LogP contribution in [-0.4, -0.2) is 24.1 Å². The zero-order chi connectivity index (χ0) is 15.8. The summed E-state index contributed by atoms with van der Waals surface area (Å²) in [5.74, 6) is 0.725. The highest BCUT2D eigenvalue weighted by Gasteiger charge is 2.07. The Kier molecular flexibility index (Phi) is 5.31. The number of ether oxygens (including phenoxy) is 1. The summed E-state index contributed by atoms with van der Waals surface area (Å²) in [5.41, 5.74) is 0.279. The van der Waals surface area contributed by atoms with Gasteiger partial charge < -0.3 is 15.4 Å². The number of amides is 2. The highest BCUT2D eigenvalue weighted by Crippen LogP contribution is 2.16. The van der Waals surface area contributed by atoms with Gasteiger partial charge in [0.15, 0.2) is 0 Å². The van der Waals surface area contributed by atoms with Crippen LogP contribution in [0.4, 0.5) is 16.2 Å². The highest BCUT2D eigenvalue weighted by atomic mass is 16.6. The zero-order valence-corrected chi connectivity index (χ0v) is 11.7. The number of hydrogen-bond acceptors (Lipinski definition) is 4. The van der Waals surface area contributed by atoms with Crippen molar-refractivity contribution in [2.75, 3.05) is 18.5 Å². The Morgan fingerprint density at radius 2 is 1.91 bits per heavy atom. The third-order valence-corrected chi connectivity index (χ3v) is 2.71. The number of anilines is 1. The van der Waals surface area contributed by atoms with E-state index in [4.69, 9.17) is 4.74 Å². The van der Waals surface area contributed by atoms with Gasteiger partial charge in [-0.15, -0.1) is 0 Å². The van der Waals surface area contributed by atoms with Crippen molar-refractivity contribution in [2.45, 2.75) is 0 Å². The number of nitro groups is 1. The van der Waals surface area contributed by atoms with Gasteiger partial charge in [-0.2, -0.15) is 0 Å². The number of nitrogens with zero attached hydrogens (tertiary/aromatic N) is 1. The van der Waals surface area contributed by atoms with E-state index in [2.05, 4.69) is 10.6 Å². The van der Waals surface area contributed by atoms with Crippen LogP contribution in [-0.2, 0) is 0 Å². The molecule has 0 fully saturated rings. The van der Waals surface area contributed by atoms with E-state index in [1.165, 1.54) is 18.2 Å². The first-order chi connectivity index (χ1) is 10.6. The predicted molar refractivity (Wildman–Crippen MR) is 82.1 cm³/mol. The highest BCUT2D eigenvalue weighted by molar-refractivity contribution is 5.89. The van der Waals surface area contributed by atoms with Crippen LogP contribution in [0.25, 0.3) is 0 Å². The van der Waals surface area contributed by atoms with E-state index in [1.54, 1.807) is 6.07 Å². The van der Waals surface area contributed by atoms with Gasteiger partial charge in [0.05, 0.1) is 11.5 Å². The average Bonchev–Trinajstić information content (AvgIpc) is 2.53. The third-order valence-electron chi connectivity index (χ3n) is 2.71. The second kappa shape index (κ2) is 7.63. The van der Waals surface area contributed by atoms with Crippen LogP contribution < -0.4 is 15.4 Å². The topological polar surface area (TPSA) is 93.5 Å². The monoisotopic (exact) mass is 301 g/mol. The molecule has 2 amide bonds. The maximum atomic E-state index is 11.7. The van der Waals surface area contributed by atoms with E-state index in [0.717, 1.165) is 5.75 Å². The van der Waals surface area contributed by atoms with Gasteiger partial charge in [-0.05, 0) is 18.2 Å². The average molecular weight is 301 g/mol. The molecule has 0 aromatic heterocycles. The molecule has 0 heterocycles. The van der Waals surface area contributed by atoms with Crippen LogP contribution in [0.15, 0.2) is 54.6 Å². The lowest BCUT2D eigenvalue weighted by Gasteiger charge is -2.09. The fourth-order valence-electron chi connectivity index (χ4n) is 1.72. The van der Waals surface area contributed by atoms with Crippen molar-refractivity contribution in [3.8, 4) is 5.75 Å². The standard InChI is InChI=1S/C15H15N3O4/c19-15(16-9-10-22-14-7-2-1-3-8-14)17-12-5-4-6-13(11-12)18(20)21/h1-8,11H,9-10H2,(H2,16,17,19). The number of carbonyl (C=O) groups excluding carboxylic acids is 1. The van der Waals surface area contributed by atoms with E-state index in [1.807, 2.05) is 30.3 Å². The number of carbonyl (C=O) groups is 1. The van der Waals surface area contributed by atoms with Gasteiger partial charge in [-0.25, -0.2) is 4.79 Å². The third kappa shape index (κ3) is 4.78. The first kappa shape index (κ1) is 15.3. The molecule has 0 aliphatic heterocycles. The smallest absolute Gasteiger partial charge is 0.319 e. The number of non-ortho nitro benzene ring substituents is 1. The molecule has 2 rings (SSSR count). The first-order valence-corrected chi connectivity index (χ1v) is 6.62. The minimum absolute atomic E-state index is 0.0785. The molecule has 0 aliphatic rings. The predicted octanol–water partition coefficient (Wildman–Crippen LogP) is 2.80. The summed E-state index contributed by atoms with van der Waals surface area (Å²) >= 11 is 0. The van der Waals surface area contributed by atoms with Crippen molar-refractivity contribution in [3.05, 3.63) is 64.7 Å². The van der Waals surface area contributed by atoms with Crippen LogP contribution >= 0.6 is 0 Å². The molecule has 7 heteroatoms. The number of para-hydroxylation sites is 1. The normalized spacial score (nSPS) is 9.82. The van der Waals surface area contributed by atoms with Gasteiger partial charge in [-0.1, -0.05) is 24.3 Å². The van der Waals surface area contributed by atoms with Crippen LogP contribution in [0.3, 0.4) is 0 Å². The molecular formula is C15H15N3O4. The summed E-state index contributed by atoms with van der Waals surface area (Å²) in [6.45, 7) is 0.641. The fraction of sp³-hybridized carbons (Fsp3) is 0.133. The van der Waals surface area contributed by atoms with E-state index >= 15 is 0 Å². The van der Waals surface area contributed by atoms with Crippen molar-refractivity contribution in [3.63, 3.8) is 0 Å². The molecule has 7 nitrogen and oxygen atoms in total. The lowest BCUT2D eigenvalue weighted by atomic mass is 10.3. The molecule has 0 bridgehead atoms. The largest absolute Gasteiger partial charge is 0.492 e. The van der Waals surface area contributed by atoms with Crippen LogP contribution in [0.1, 0.15) is 0 Å². The van der Waals surface area contributed by atoms with Gasteiger partial charge in [0.2, 0.25) is 0 Å². The Bertz CT molecular complexity index is 646. The number of nitrogens with one attached hydrogen (secondary N) is 2. The van der Waals surface area contributed by atoms with Crippen molar-refractivity contribution in [1.82, 2.24) is 5.32 Å². The Labute approximate surface area is 127 Å². The molecule has 0 atom stereocenters. The second-order valence-electron chi connectivity index (χ2n) is 4.35. The molecule has 2 N–H and O–H groups in total. The first-order valence-electron chi connectivity index (χ1n) is 6.62. The molecule has 0 saturated carbocycles. The van der Waals surface area contributed by atoms with E-state index in [-0.39, 0.29) is 5.69 Å². The van der Waals surface area contributed by atoms with Crippen molar-refractivity contribution < 1.29 is 14.5 Å². The zero-order valence-electron chi connectivity index (χ0n) is 11.7. The molecule has 22 heavy (non-hydrogen) atoms. The summed E-state index contributed by atoms with van der Waals surface area (Å²) < 4.78 is 5.43. The minimum Gasteiger partial charge on any atom is -0.492 e.